The molecule has 1 atom stereocenters. The van der Waals surface area contributed by atoms with Gasteiger partial charge in [0.05, 0.1) is 11.8 Å². The average molecular weight is 332 g/mol. The first-order valence-corrected chi connectivity index (χ1v) is 7.59. The van der Waals surface area contributed by atoms with Crippen molar-refractivity contribution in [2.75, 3.05) is 11.9 Å². The molecule has 0 spiro atoms. The molecule has 0 aliphatic carbocycles. The maximum Gasteiger partial charge on any atom is 0.320 e. The van der Waals surface area contributed by atoms with Crippen LogP contribution in [0.4, 0.5) is 15.0 Å². The van der Waals surface area contributed by atoms with Crippen molar-refractivity contribution in [3.05, 3.63) is 53.5 Å². The van der Waals surface area contributed by atoms with Crippen LogP contribution in [0.25, 0.3) is 0 Å². The molecule has 0 aliphatic heterocycles. The Morgan fingerprint density at radius 3 is 2.50 bits per heavy atom. The topological polar surface area (TPSA) is 87.1 Å². The Balaban J connectivity index is 1.88. The summed E-state index contributed by atoms with van der Waals surface area (Å²) in [5.41, 5.74) is 0.813. The molecule has 6 nitrogen and oxygen atoms in total. The number of amides is 2. The van der Waals surface area contributed by atoms with Gasteiger partial charge in [-0.3, -0.25) is 5.32 Å². The van der Waals surface area contributed by atoms with E-state index < -0.39 is 18.0 Å². The Bertz CT molecular complexity index is 698. The molecule has 1 aromatic heterocycles. The zero-order chi connectivity index (χ0) is 17.7. The summed E-state index contributed by atoms with van der Waals surface area (Å²) < 4.78 is 13.5. The van der Waals surface area contributed by atoms with Gasteiger partial charge in [-0.2, -0.15) is 5.10 Å². The van der Waals surface area contributed by atoms with E-state index in [1.807, 2.05) is 20.8 Å². The summed E-state index contributed by atoms with van der Waals surface area (Å²) in [7, 11) is 0. The fourth-order valence-corrected chi connectivity index (χ4v) is 2.00. The van der Waals surface area contributed by atoms with Crippen LogP contribution >= 0.6 is 0 Å². The highest BCUT2D eigenvalue weighted by atomic mass is 19.1. The molecule has 0 aliphatic rings. The van der Waals surface area contributed by atoms with Crippen LogP contribution in [0, 0.1) is 5.82 Å². The second kappa shape index (κ2) is 7.35. The molecule has 1 heterocycles. The van der Waals surface area contributed by atoms with Crippen molar-refractivity contribution >= 4 is 11.8 Å². The van der Waals surface area contributed by atoms with Crippen molar-refractivity contribution in [1.29, 1.82) is 0 Å². The van der Waals surface area contributed by atoms with Gasteiger partial charge in [-0.15, -0.1) is 5.10 Å². The van der Waals surface area contributed by atoms with Crippen LogP contribution in [0.3, 0.4) is 0 Å². The number of carbonyl (C=O) groups excluding carboxylic acids is 1. The van der Waals surface area contributed by atoms with Crippen molar-refractivity contribution in [3.8, 4) is 0 Å². The van der Waals surface area contributed by atoms with Crippen LogP contribution in [0.15, 0.2) is 36.4 Å². The maximum atomic E-state index is 13.5. The number of nitrogens with zero attached hydrogens (tertiary/aromatic N) is 2. The van der Waals surface area contributed by atoms with E-state index in [0.29, 0.717) is 5.82 Å². The molecule has 0 radical (unpaired) electrons. The highest BCUT2D eigenvalue weighted by Gasteiger charge is 2.16. The molecular formula is C17H21FN4O2. The third kappa shape index (κ3) is 4.73. The molecule has 0 saturated heterocycles. The smallest absolute Gasteiger partial charge is 0.320 e. The van der Waals surface area contributed by atoms with E-state index in [2.05, 4.69) is 20.8 Å². The monoisotopic (exact) mass is 332 g/mol. The average Bonchev–Trinajstić information content (AvgIpc) is 2.53. The van der Waals surface area contributed by atoms with E-state index in [1.165, 1.54) is 18.2 Å². The lowest BCUT2D eigenvalue weighted by Crippen LogP contribution is -2.33. The minimum absolute atomic E-state index is 0.125. The number of aromatic nitrogens is 2. The summed E-state index contributed by atoms with van der Waals surface area (Å²) in [6.45, 7) is 5.92. The number of hydrogen-bond donors (Lipinski definition) is 3. The highest BCUT2D eigenvalue weighted by molar-refractivity contribution is 5.88. The molecule has 7 heteroatoms. The molecule has 3 N–H and O–H groups in total. The van der Waals surface area contributed by atoms with Crippen LogP contribution in [-0.2, 0) is 5.41 Å². The Labute approximate surface area is 140 Å². The van der Waals surface area contributed by atoms with E-state index in [9.17, 15) is 14.3 Å². The molecule has 24 heavy (non-hydrogen) atoms. The Hall–Kier alpha value is -2.54. The summed E-state index contributed by atoms with van der Waals surface area (Å²) in [5, 5.41) is 22.9. The summed E-state index contributed by atoms with van der Waals surface area (Å²) in [5.74, 6) is -0.225. The molecule has 0 fully saturated rings. The summed E-state index contributed by atoms with van der Waals surface area (Å²) in [6.07, 6.45) is -1.13. The number of benzene rings is 1. The van der Waals surface area contributed by atoms with Gasteiger partial charge in [0.25, 0.3) is 0 Å². The van der Waals surface area contributed by atoms with Gasteiger partial charge in [0.2, 0.25) is 0 Å². The minimum atomic E-state index is -1.13. The predicted octanol–water partition coefficient (Wildman–Crippen LogP) is 2.77. The van der Waals surface area contributed by atoms with Crippen LogP contribution in [-0.4, -0.2) is 27.9 Å². The Kier molecular flexibility index (Phi) is 5.46. The summed E-state index contributed by atoms with van der Waals surface area (Å²) in [6, 6.07) is 8.77. The molecule has 1 aromatic carbocycles. The number of rotatable bonds is 4. The second-order valence-corrected chi connectivity index (χ2v) is 6.43. The van der Waals surface area contributed by atoms with Crippen molar-refractivity contribution in [2.24, 2.45) is 0 Å². The van der Waals surface area contributed by atoms with Gasteiger partial charge < -0.3 is 10.4 Å². The van der Waals surface area contributed by atoms with E-state index in [4.69, 9.17) is 0 Å². The van der Waals surface area contributed by atoms with Gasteiger partial charge in [0, 0.05) is 17.5 Å². The van der Waals surface area contributed by atoms with Crippen LogP contribution < -0.4 is 10.6 Å². The molecule has 2 rings (SSSR count). The predicted molar refractivity (Wildman–Crippen MR) is 89.1 cm³/mol. The van der Waals surface area contributed by atoms with Crippen molar-refractivity contribution in [1.82, 2.24) is 15.5 Å². The normalized spacial score (nSPS) is 12.5. The van der Waals surface area contributed by atoms with Crippen LogP contribution in [0.5, 0.6) is 0 Å². The second-order valence-electron chi connectivity index (χ2n) is 6.43. The summed E-state index contributed by atoms with van der Waals surface area (Å²) in [4.78, 5) is 11.8. The van der Waals surface area contributed by atoms with Crippen molar-refractivity contribution in [3.63, 3.8) is 0 Å². The van der Waals surface area contributed by atoms with Gasteiger partial charge in [-0.05, 0) is 18.2 Å². The summed E-state index contributed by atoms with van der Waals surface area (Å²) >= 11 is 0. The first kappa shape index (κ1) is 17.8. The lowest BCUT2D eigenvalue weighted by Gasteiger charge is -2.17. The lowest BCUT2D eigenvalue weighted by atomic mass is 9.92. The van der Waals surface area contributed by atoms with Crippen molar-refractivity contribution in [2.45, 2.75) is 32.3 Å². The Morgan fingerprint density at radius 2 is 1.92 bits per heavy atom. The van der Waals surface area contributed by atoms with E-state index in [-0.39, 0.29) is 17.5 Å². The quantitative estimate of drug-likeness (QED) is 0.803. The molecule has 0 unspecified atom stereocenters. The van der Waals surface area contributed by atoms with Gasteiger partial charge in [-0.25, -0.2) is 9.18 Å². The zero-order valence-corrected chi connectivity index (χ0v) is 13.9. The largest absolute Gasteiger partial charge is 0.386 e. The number of carbonyl (C=O) groups is 1. The molecule has 0 bridgehead atoms. The van der Waals surface area contributed by atoms with Gasteiger partial charge in [0.15, 0.2) is 5.82 Å². The number of halogens is 1. The maximum absolute atomic E-state index is 13.5. The van der Waals surface area contributed by atoms with E-state index in [1.54, 1.807) is 18.2 Å². The zero-order valence-electron chi connectivity index (χ0n) is 13.9. The van der Waals surface area contributed by atoms with Gasteiger partial charge in [-0.1, -0.05) is 39.0 Å². The number of urea groups is 1. The molecular weight excluding hydrogens is 311 g/mol. The third-order valence-electron chi connectivity index (χ3n) is 3.39. The van der Waals surface area contributed by atoms with Gasteiger partial charge in [0.1, 0.15) is 5.82 Å². The molecule has 2 aromatic rings. The first-order valence-electron chi connectivity index (χ1n) is 7.59. The van der Waals surface area contributed by atoms with E-state index in [0.717, 1.165) is 5.69 Å². The molecule has 0 saturated carbocycles. The fraction of sp³-hybridized carbons (Fsp3) is 0.353. The van der Waals surface area contributed by atoms with Crippen LogP contribution in [0.1, 0.15) is 38.1 Å². The number of nitrogens with one attached hydrogen (secondary N) is 2. The van der Waals surface area contributed by atoms with Gasteiger partial charge >= 0.3 is 6.03 Å². The fourth-order valence-electron chi connectivity index (χ4n) is 2.00. The Morgan fingerprint density at radius 1 is 1.21 bits per heavy atom. The number of aliphatic hydroxyl groups excluding tert-OH is 1. The number of aliphatic hydroxyl groups is 1. The standard InChI is InChI=1S/C17H21FN4O2/c1-17(2,3)14-8-9-15(22-21-14)20-16(24)19-10-13(23)11-6-4-5-7-12(11)18/h4-9,13,23H,10H2,1-3H3,(H2,19,20,22,24)/t13-/m1/s1. The van der Waals surface area contributed by atoms with E-state index >= 15 is 0 Å². The third-order valence-corrected chi connectivity index (χ3v) is 3.39. The SMILES string of the molecule is CC(C)(C)c1ccc(NC(=O)NC[C@@H](O)c2ccccc2F)nn1. The molecule has 2 amide bonds. The van der Waals surface area contributed by atoms with Crippen LogP contribution in [0.2, 0.25) is 0 Å². The first-order chi connectivity index (χ1) is 11.3. The number of anilines is 1. The number of hydrogen-bond acceptors (Lipinski definition) is 4. The lowest BCUT2D eigenvalue weighted by molar-refractivity contribution is 0.170. The van der Waals surface area contributed by atoms with Crippen molar-refractivity contribution < 1.29 is 14.3 Å². The molecule has 128 valence electrons. The highest BCUT2D eigenvalue weighted by Crippen LogP contribution is 2.19. The minimum Gasteiger partial charge on any atom is -0.386 e.